The average Bonchev–Trinajstić information content (AvgIpc) is 2.93. The molecule has 0 saturated heterocycles. The maximum atomic E-state index is 11.7. The molecule has 0 radical (unpaired) electrons. The highest BCUT2D eigenvalue weighted by atomic mass is 35.5. The molecule has 0 fully saturated rings. The molecule has 4 rings (SSSR count). The van der Waals surface area contributed by atoms with Crippen LogP contribution in [0.3, 0.4) is 0 Å². The van der Waals surface area contributed by atoms with Crippen LogP contribution in [-0.4, -0.2) is 27.7 Å². The normalized spacial score (nSPS) is 21.3. The topological polar surface area (TPSA) is 56.1 Å². The highest BCUT2D eigenvalue weighted by Crippen LogP contribution is 2.42. The van der Waals surface area contributed by atoms with E-state index >= 15 is 0 Å². The summed E-state index contributed by atoms with van der Waals surface area (Å²) >= 11 is 12.7. The van der Waals surface area contributed by atoms with E-state index in [0.717, 1.165) is 41.9 Å². The summed E-state index contributed by atoms with van der Waals surface area (Å²) in [5.41, 5.74) is 3.38. The Morgan fingerprint density at radius 3 is 2.82 bits per heavy atom. The van der Waals surface area contributed by atoms with Crippen molar-refractivity contribution in [1.82, 2.24) is 15.1 Å². The van der Waals surface area contributed by atoms with E-state index in [4.69, 9.17) is 33.0 Å². The number of amides is 1. The summed E-state index contributed by atoms with van der Waals surface area (Å²) < 4.78 is 7.98. The number of nitrogens with zero attached hydrogens (tertiary/aromatic N) is 2. The minimum Gasteiger partial charge on any atom is -0.489 e. The molecule has 5 nitrogen and oxygen atoms in total. The molecular formula is C21H21Cl2N3O2. The Labute approximate surface area is 174 Å². The molecule has 1 aliphatic carbocycles. The van der Waals surface area contributed by atoms with Crippen molar-refractivity contribution in [3.63, 3.8) is 0 Å². The van der Waals surface area contributed by atoms with Crippen LogP contribution in [0.15, 0.2) is 42.5 Å². The maximum absolute atomic E-state index is 11.7. The number of rotatable bonds is 3. The third-order valence-electron chi connectivity index (χ3n) is 4.89. The van der Waals surface area contributed by atoms with Crippen molar-refractivity contribution in [3.8, 4) is 17.0 Å². The number of ether oxygens (including phenoxy) is 1. The Morgan fingerprint density at radius 1 is 1.32 bits per heavy atom. The molecule has 1 N–H and O–H groups in total. The van der Waals surface area contributed by atoms with E-state index in [1.807, 2.05) is 47.2 Å². The van der Waals surface area contributed by atoms with Gasteiger partial charge in [0.1, 0.15) is 11.4 Å². The van der Waals surface area contributed by atoms with Crippen molar-refractivity contribution in [3.05, 3.63) is 53.2 Å². The smallest absolute Gasteiger partial charge is 0.217 e. The first-order valence-corrected chi connectivity index (χ1v) is 10.2. The lowest BCUT2D eigenvalue weighted by Crippen LogP contribution is -2.26. The lowest BCUT2D eigenvalue weighted by atomic mass is 10.1. The third kappa shape index (κ3) is 3.69. The molecule has 146 valence electrons. The van der Waals surface area contributed by atoms with Gasteiger partial charge in [-0.3, -0.25) is 4.79 Å². The molecule has 1 aromatic carbocycles. The van der Waals surface area contributed by atoms with Gasteiger partial charge in [-0.15, -0.1) is 11.6 Å². The van der Waals surface area contributed by atoms with Gasteiger partial charge in [-0.25, -0.2) is 4.68 Å². The number of aromatic nitrogens is 2. The van der Waals surface area contributed by atoms with Gasteiger partial charge >= 0.3 is 0 Å². The minimum absolute atomic E-state index is 0.0875. The summed E-state index contributed by atoms with van der Waals surface area (Å²) in [4.78, 5) is 11.7. The van der Waals surface area contributed by atoms with Gasteiger partial charge in [0.2, 0.25) is 5.91 Å². The van der Waals surface area contributed by atoms with Gasteiger partial charge in [-0.1, -0.05) is 35.9 Å². The van der Waals surface area contributed by atoms with E-state index < -0.39 is 0 Å². The average molecular weight is 418 g/mol. The molecule has 2 heterocycles. The van der Waals surface area contributed by atoms with Gasteiger partial charge in [-0.2, -0.15) is 5.10 Å². The van der Waals surface area contributed by atoms with Gasteiger partial charge in [0.25, 0.3) is 0 Å². The van der Waals surface area contributed by atoms with Gasteiger partial charge in [0.15, 0.2) is 5.75 Å². The Hall–Kier alpha value is -2.24. The van der Waals surface area contributed by atoms with Gasteiger partial charge in [-0.05, 0) is 37.5 Å². The number of carbonyl (C=O) groups excluding carboxylic acids is 1. The summed E-state index contributed by atoms with van der Waals surface area (Å²) in [6, 6.07) is 7.38. The van der Waals surface area contributed by atoms with Crippen molar-refractivity contribution in [2.45, 2.75) is 37.6 Å². The second kappa shape index (κ2) is 8.02. The Kier molecular flexibility index (Phi) is 5.47. The van der Waals surface area contributed by atoms with Gasteiger partial charge < -0.3 is 10.1 Å². The van der Waals surface area contributed by atoms with Crippen LogP contribution in [0.2, 0.25) is 5.02 Å². The number of halogens is 2. The van der Waals surface area contributed by atoms with Gasteiger partial charge in [0, 0.05) is 17.5 Å². The van der Waals surface area contributed by atoms with E-state index in [1.165, 1.54) is 6.92 Å². The Morgan fingerprint density at radius 2 is 2.11 bits per heavy atom. The molecule has 1 aliphatic heterocycles. The molecule has 2 unspecified atom stereocenters. The first-order chi connectivity index (χ1) is 13.5. The lowest BCUT2D eigenvalue weighted by molar-refractivity contribution is -0.119. The predicted molar refractivity (Wildman–Crippen MR) is 112 cm³/mol. The molecule has 0 saturated carbocycles. The van der Waals surface area contributed by atoms with Gasteiger partial charge in [0.05, 0.1) is 23.7 Å². The van der Waals surface area contributed by atoms with Crippen LogP contribution in [0.25, 0.3) is 17.0 Å². The van der Waals surface area contributed by atoms with Crippen LogP contribution >= 0.6 is 23.2 Å². The summed E-state index contributed by atoms with van der Waals surface area (Å²) in [5, 5.41) is 8.35. The van der Waals surface area contributed by atoms with Crippen molar-refractivity contribution in [2.24, 2.45) is 0 Å². The van der Waals surface area contributed by atoms with E-state index in [2.05, 4.69) is 5.32 Å². The molecule has 0 bridgehead atoms. The molecule has 1 aromatic heterocycles. The molecule has 28 heavy (non-hydrogen) atoms. The van der Waals surface area contributed by atoms with Crippen molar-refractivity contribution in [1.29, 1.82) is 0 Å². The van der Waals surface area contributed by atoms with E-state index in [-0.39, 0.29) is 17.3 Å². The number of hydrogen-bond acceptors (Lipinski definition) is 3. The second-order valence-corrected chi connectivity index (χ2v) is 7.91. The molecule has 1 amide bonds. The van der Waals surface area contributed by atoms with Crippen LogP contribution in [0.5, 0.6) is 5.75 Å². The molecule has 2 aromatic rings. The number of fused-ring (bicyclic) bond motifs is 1. The Balaban J connectivity index is 1.92. The summed E-state index contributed by atoms with van der Waals surface area (Å²) in [5.74, 6) is 0.605. The van der Waals surface area contributed by atoms with Crippen LogP contribution in [0, 0.1) is 0 Å². The van der Waals surface area contributed by atoms with Crippen LogP contribution in [-0.2, 0) is 4.79 Å². The largest absolute Gasteiger partial charge is 0.489 e. The monoisotopic (exact) mass is 417 g/mol. The Bertz CT molecular complexity index is 947. The number of nitrogens with one attached hydrogen (secondary N) is 1. The zero-order chi connectivity index (χ0) is 19.7. The SMILES string of the molecule is CC(=O)NC1CCCOc2c1nn(C1=CC=CCC1Cl)c2-c1ccc(Cl)cc1. The first kappa shape index (κ1) is 19.1. The quantitative estimate of drug-likeness (QED) is 0.717. The van der Waals surface area contributed by atoms with Crippen LogP contribution in [0.4, 0.5) is 0 Å². The molecule has 2 aliphatic rings. The summed E-state index contributed by atoms with van der Waals surface area (Å²) in [6.07, 6.45) is 8.33. The fraction of sp³-hybridized carbons (Fsp3) is 0.333. The van der Waals surface area contributed by atoms with Crippen molar-refractivity contribution < 1.29 is 9.53 Å². The molecule has 2 atom stereocenters. The highest BCUT2D eigenvalue weighted by Gasteiger charge is 2.31. The molecule has 0 spiro atoms. The third-order valence-corrected chi connectivity index (χ3v) is 5.54. The van der Waals surface area contributed by atoms with Crippen LogP contribution < -0.4 is 10.1 Å². The number of hydrogen-bond donors (Lipinski definition) is 1. The van der Waals surface area contributed by atoms with E-state index in [9.17, 15) is 4.79 Å². The summed E-state index contributed by atoms with van der Waals surface area (Å²) in [6.45, 7) is 2.09. The zero-order valence-electron chi connectivity index (χ0n) is 15.5. The highest BCUT2D eigenvalue weighted by molar-refractivity contribution is 6.30. The van der Waals surface area contributed by atoms with E-state index in [0.29, 0.717) is 17.4 Å². The fourth-order valence-electron chi connectivity index (χ4n) is 3.62. The lowest BCUT2D eigenvalue weighted by Gasteiger charge is -2.18. The zero-order valence-corrected chi connectivity index (χ0v) is 17.0. The standard InChI is InChI=1S/C21H21Cl2N3O2/c1-13(27)24-17-6-4-12-28-21-19(17)25-26(18-7-3-2-5-16(18)23)20(21)14-8-10-15(22)11-9-14/h2-3,7-11,16-17H,4-6,12H2,1H3,(H,24,27). The minimum atomic E-state index is -0.198. The number of alkyl halides is 1. The van der Waals surface area contributed by atoms with Crippen molar-refractivity contribution >= 4 is 34.8 Å². The van der Waals surface area contributed by atoms with Crippen LogP contribution in [0.1, 0.15) is 37.9 Å². The molecular weight excluding hydrogens is 397 g/mol. The van der Waals surface area contributed by atoms with Crippen molar-refractivity contribution in [2.75, 3.05) is 6.61 Å². The number of benzene rings is 1. The first-order valence-electron chi connectivity index (χ1n) is 9.34. The number of allylic oxidation sites excluding steroid dienone is 4. The summed E-state index contributed by atoms with van der Waals surface area (Å²) in [7, 11) is 0. The van der Waals surface area contributed by atoms with E-state index in [1.54, 1.807) is 0 Å². The predicted octanol–water partition coefficient (Wildman–Crippen LogP) is 4.96. The maximum Gasteiger partial charge on any atom is 0.217 e. The second-order valence-electron chi connectivity index (χ2n) is 6.95. The number of carbonyl (C=O) groups is 1. The fourth-order valence-corrected chi connectivity index (χ4v) is 4.01. The molecule has 7 heteroatoms.